The van der Waals surface area contributed by atoms with Gasteiger partial charge < -0.3 is 9.84 Å². The highest BCUT2D eigenvalue weighted by molar-refractivity contribution is 5.24. The number of nitrogens with zero attached hydrogens (tertiary/aromatic N) is 1. The number of halogens is 1. The van der Waals surface area contributed by atoms with Crippen molar-refractivity contribution in [3.8, 4) is 6.07 Å². The highest BCUT2D eigenvalue weighted by Gasteiger charge is 2.41. The number of hydrogen-bond acceptors (Lipinski definition) is 3. The minimum absolute atomic E-state index is 0.196. The van der Waals surface area contributed by atoms with Gasteiger partial charge in [0.05, 0.1) is 18.8 Å². The Morgan fingerprint density at radius 1 is 1.53 bits per heavy atom. The normalized spacial score (nSPS) is 26.2. The average molecular weight is 235 g/mol. The van der Waals surface area contributed by atoms with Gasteiger partial charge in [-0.2, -0.15) is 5.26 Å². The lowest BCUT2D eigenvalue weighted by Gasteiger charge is -2.34. The van der Waals surface area contributed by atoms with Gasteiger partial charge in [0.25, 0.3) is 0 Å². The fourth-order valence-corrected chi connectivity index (χ4v) is 2.18. The molecule has 0 aromatic heterocycles. The molecule has 4 heteroatoms. The lowest BCUT2D eigenvalue weighted by molar-refractivity contribution is -0.0506. The molecular formula is C13H14FNO2. The van der Waals surface area contributed by atoms with Gasteiger partial charge in [-0.15, -0.1) is 0 Å². The van der Waals surface area contributed by atoms with Crippen LogP contribution in [-0.4, -0.2) is 18.3 Å². The number of rotatable bonds is 2. The molecule has 1 aromatic carbocycles. The molecule has 0 radical (unpaired) electrons. The number of aliphatic hydroxyl groups excluding tert-OH is 1. The molecule has 0 amide bonds. The van der Waals surface area contributed by atoms with Crippen molar-refractivity contribution in [2.24, 2.45) is 5.41 Å². The fraction of sp³-hybridized carbons (Fsp3) is 0.462. The van der Waals surface area contributed by atoms with Crippen molar-refractivity contribution in [3.63, 3.8) is 0 Å². The second-order valence-electron chi connectivity index (χ2n) is 4.38. The van der Waals surface area contributed by atoms with Crippen molar-refractivity contribution in [3.05, 3.63) is 35.6 Å². The predicted molar refractivity (Wildman–Crippen MR) is 59.5 cm³/mol. The summed E-state index contributed by atoms with van der Waals surface area (Å²) in [6.07, 6.45) is 0.296. The molecule has 1 saturated heterocycles. The molecule has 2 atom stereocenters. The summed E-state index contributed by atoms with van der Waals surface area (Å²) < 4.78 is 18.4. The molecule has 1 heterocycles. The van der Waals surface area contributed by atoms with Crippen LogP contribution in [0.3, 0.4) is 0 Å². The molecule has 17 heavy (non-hydrogen) atoms. The van der Waals surface area contributed by atoms with Crippen LogP contribution >= 0.6 is 0 Å². The summed E-state index contributed by atoms with van der Waals surface area (Å²) in [6.45, 7) is 0.806. The molecule has 1 aromatic rings. The predicted octanol–water partition coefficient (Wildman–Crippen LogP) is 2.18. The smallest absolute Gasteiger partial charge is 0.123 e. The zero-order valence-electron chi connectivity index (χ0n) is 9.40. The molecule has 2 rings (SSSR count). The van der Waals surface area contributed by atoms with Crippen LogP contribution in [0, 0.1) is 22.6 Å². The van der Waals surface area contributed by atoms with E-state index in [1.807, 2.05) is 0 Å². The summed E-state index contributed by atoms with van der Waals surface area (Å²) in [5, 5.41) is 19.5. The monoisotopic (exact) mass is 235 g/mol. The first kappa shape index (κ1) is 12.0. The largest absolute Gasteiger partial charge is 0.387 e. The van der Waals surface area contributed by atoms with Crippen molar-refractivity contribution in [2.45, 2.75) is 18.9 Å². The minimum atomic E-state index is -1.01. The van der Waals surface area contributed by atoms with Gasteiger partial charge >= 0.3 is 0 Å². The molecule has 1 fully saturated rings. The van der Waals surface area contributed by atoms with Gasteiger partial charge in [0.15, 0.2) is 0 Å². The second kappa shape index (κ2) is 4.82. The number of benzene rings is 1. The summed E-state index contributed by atoms with van der Waals surface area (Å²) in [5.41, 5.74) is -0.525. The topological polar surface area (TPSA) is 53.2 Å². The van der Waals surface area contributed by atoms with E-state index >= 15 is 0 Å². The second-order valence-corrected chi connectivity index (χ2v) is 4.38. The van der Waals surface area contributed by atoms with Crippen LogP contribution in [0.1, 0.15) is 24.5 Å². The maximum absolute atomic E-state index is 13.1. The van der Waals surface area contributed by atoms with Crippen LogP contribution in [0.4, 0.5) is 4.39 Å². The Morgan fingerprint density at radius 2 is 2.35 bits per heavy atom. The van der Waals surface area contributed by atoms with E-state index in [2.05, 4.69) is 6.07 Å². The lowest BCUT2D eigenvalue weighted by atomic mass is 9.76. The van der Waals surface area contributed by atoms with E-state index in [0.717, 1.165) is 6.42 Å². The van der Waals surface area contributed by atoms with E-state index in [4.69, 9.17) is 4.74 Å². The van der Waals surface area contributed by atoms with E-state index in [0.29, 0.717) is 18.6 Å². The Hall–Kier alpha value is -1.44. The van der Waals surface area contributed by atoms with Crippen LogP contribution in [0.15, 0.2) is 24.3 Å². The van der Waals surface area contributed by atoms with Crippen molar-refractivity contribution in [1.29, 1.82) is 5.26 Å². The molecule has 0 bridgehead atoms. The Morgan fingerprint density at radius 3 is 2.94 bits per heavy atom. The highest BCUT2D eigenvalue weighted by atomic mass is 19.1. The molecule has 2 unspecified atom stereocenters. The van der Waals surface area contributed by atoms with Crippen LogP contribution in [0.25, 0.3) is 0 Å². The van der Waals surface area contributed by atoms with E-state index in [9.17, 15) is 14.8 Å². The van der Waals surface area contributed by atoms with Crippen LogP contribution < -0.4 is 0 Å². The molecule has 1 aliphatic rings. The first-order valence-corrected chi connectivity index (χ1v) is 5.60. The third-order valence-electron chi connectivity index (χ3n) is 3.18. The van der Waals surface area contributed by atoms with Gasteiger partial charge in [-0.1, -0.05) is 12.1 Å². The van der Waals surface area contributed by atoms with Crippen LogP contribution in [0.5, 0.6) is 0 Å². The molecule has 0 saturated carbocycles. The van der Waals surface area contributed by atoms with Crippen molar-refractivity contribution in [1.82, 2.24) is 0 Å². The summed E-state index contributed by atoms with van der Waals surface area (Å²) in [4.78, 5) is 0. The minimum Gasteiger partial charge on any atom is -0.387 e. The quantitative estimate of drug-likeness (QED) is 0.854. The Labute approximate surface area is 99.4 Å². The van der Waals surface area contributed by atoms with E-state index in [-0.39, 0.29) is 6.61 Å². The maximum Gasteiger partial charge on any atom is 0.123 e. The first-order chi connectivity index (χ1) is 8.18. The number of hydrogen-bond donors (Lipinski definition) is 1. The Kier molecular flexibility index (Phi) is 3.41. The van der Waals surface area contributed by atoms with E-state index < -0.39 is 17.3 Å². The van der Waals surface area contributed by atoms with Gasteiger partial charge in [0, 0.05) is 6.61 Å². The average Bonchev–Trinajstić information content (AvgIpc) is 2.38. The molecule has 3 nitrogen and oxygen atoms in total. The number of ether oxygens (including phenoxy) is 1. The van der Waals surface area contributed by atoms with Gasteiger partial charge in [0.1, 0.15) is 11.2 Å². The Bertz CT molecular complexity index is 435. The summed E-state index contributed by atoms with van der Waals surface area (Å²) in [5.74, 6) is -0.411. The Balaban J connectivity index is 2.29. The van der Waals surface area contributed by atoms with E-state index in [1.54, 1.807) is 6.07 Å². The van der Waals surface area contributed by atoms with Crippen molar-refractivity contribution in [2.75, 3.05) is 13.2 Å². The molecule has 0 spiro atoms. The van der Waals surface area contributed by atoms with Crippen molar-refractivity contribution >= 4 is 0 Å². The molecule has 0 aliphatic carbocycles. The molecular weight excluding hydrogens is 221 g/mol. The highest BCUT2D eigenvalue weighted by Crippen LogP contribution is 2.40. The third-order valence-corrected chi connectivity index (χ3v) is 3.18. The first-order valence-electron chi connectivity index (χ1n) is 5.60. The summed E-state index contributed by atoms with van der Waals surface area (Å²) in [7, 11) is 0. The van der Waals surface area contributed by atoms with Crippen molar-refractivity contribution < 1.29 is 14.2 Å². The summed E-state index contributed by atoms with van der Waals surface area (Å²) in [6, 6.07) is 7.87. The zero-order valence-corrected chi connectivity index (χ0v) is 9.40. The standard InChI is InChI=1S/C13H14FNO2/c14-11-4-1-3-10(7-11)12(16)13(8-15)5-2-6-17-9-13/h1,3-4,7,12,16H,2,5-6,9H2. The third kappa shape index (κ3) is 2.31. The number of aliphatic hydroxyl groups is 1. The molecule has 1 N–H and O–H groups in total. The maximum atomic E-state index is 13.1. The molecule has 90 valence electrons. The van der Waals surface area contributed by atoms with Gasteiger partial charge in [-0.3, -0.25) is 0 Å². The fourth-order valence-electron chi connectivity index (χ4n) is 2.18. The SMILES string of the molecule is N#CC1(C(O)c2cccc(F)c2)CCCOC1. The van der Waals surface area contributed by atoms with Gasteiger partial charge in [-0.05, 0) is 30.5 Å². The van der Waals surface area contributed by atoms with Crippen LogP contribution in [-0.2, 0) is 4.74 Å². The van der Waals surface area contributed by atoms with Gasteiger partial charge in [0.2, 0.25) is 0 Å². The van der Waals surface area contributed by atoms with E-state index in [1.165, 1.54) is 18.2 Å². The van der Waals surface area contributed by atoms with Gasteiger partial charge in [-0.25, -0.2) is 4.39 Å². The number of nitriles is 1. The lowest BCUT2D eigenvalue weighted by Crippen LogP contribution is -2.36. The summed E-state index contributed by atoms with van der Waals surface area (Å²) >= 11 is 0. The molecule has 1 aliphatic heterocycles. The van der Waals surface area contributed by atoms with Crippen LogP contribution in [0.2, 0.25) is 0 Å². The zero-order chi connectivity index (χ0) is 12.3.